The molecule has 1 amide bonds. The first-order valence-electron chi connectivity index (χ1n) is 11.5. The first kappa shape index (κ1) is 27.4. The highest BCUT2D eigenvalue weighted by Gasteiger charge is 2.24. The van der Waals surface area contributed by atoms with E-state index in [0.717, 1.165) is 11.3 Å². The maximum absolute atomic E-state index is 13.9. The van der Waals surface area contributed by atoms with Gasteiger partial charge in [-0.15, -0.1) is 0 Å². The van der Waals surface area contributed by atoms with E-state index in [1.165, 1.54) is 30.2 Å². The van der Waals surface area contributed by atoms with E-state index >= 15 is 0 Å². The van der Waals surface area contributed by atoms with Gasteiger partial charge >= 0.3 is 12.1 Å². The van der Waals surface area contributed by atoms with E-state index < -0.39 is 23.5 Å². The van der Waals surface area contributed by atoms with Gasteiger partial charge in [-0.1, -0.05) is 0 Å². The van der Waals surface area contributed by atoms with Crippen molar-refractivity contribution in [3.63, 3.8) is 0 Å². The number of nitrogens with two attached hydrogens (primary N) is 1. The average Bonchev–Trinajstić information content (AvgIpc) is 3.09. The molecule has 3 rings (SSSR count). The van der Waals surface area contributed by atoms with Crippen molar-refractivity contribution in [2.45, 2.75) is 46.4 Å². The first-order chi connectivity index (χ1) is 17.3. The number of rotatable bonds is 7. The van der Waals surface area contributed by atoms with E-state index in [9.17, 15) is 14.0 Å². The van der Waals surface area contributed by atoms with Crippen molar-refractivity contribution in [2.75, 3.05) is 19.9 Å². The molecular weight excluding hydrogens is 481 g/mol. The van der Waals surface area contributed by atoms with Crippen LogP contribution in [0.5, 0.6) is 5.75 Å². The normalized spacial score (nSPS) is 11.2. The van der Waals surface area contributed by atoms with Gasteiger partial charge in [0.05, 0.1) is 30.6 Å². The number of aromatic nitrogens is 3. The number of nitrogens with zero attached hydrogens (tertiary/aromatic N) is 4. The predicted molar refractivity (Wildman–Crippen MR) is 135 cm³/mol. The van der Waals surface area contributed by atoms with E-state index in [-0.39, 0.29) is 30.3 Å². The molecule has 2 heterocycles. The highest BCUT2D eigenvalue weighted by molar-refractivity contribution is 5.91. The van der Waals surface area contributed by atoms with Crippen LogP contribution >= 0.6 is 0 Å². The third kappa shape index (κ3) is 6.54. The Morgan fingerprint density at radius 2 is 1.92 bits per heavy atom. The van der Waals surface area contributed by atoms with Gasteiger partial charge in [-0.25, -0.2) is 19.0 Å². The van der Waals surface area contributed by atoms with Crippen molar-refractivity contribution in [2.24, 2.45) is 7.05 Å². The second-order valence-electron chi connectivity index (χ2n) is 9.56. The largest absolute Gasteiger partial charge is 0.485 e. The zero-order valence-electron chi connectivity index (χ0n) is 22.1. The van der Waals surface area contributed by atoms with Gasteiger partial charge in [-0.05, 0) is 52.0 Å². The summed E-state index contributed by atoms with van der Waals surface area (Å²) in [5.74, 6) is -0.764. The van der Waals surface area contributed by atoms with Crippen LogP contribution in [0.15, 0.2) is 30.5 Å². The van der Waals surface area contributed by atoms with Crippen LogP contribution in [0.4, 0.5) is 15.0 Å². The number of carbonyl (C=O) groups excluding carboxylic acids is 2. The molecule has 0 bridgehead atoms. The molecule has 0 unspecified atom stereocenters. The number of amides is 1. The highest BCUT2D eigenvalue weighted by atomic mass is 19.1. The van der Waals surface area contributed by atoms with Gasteiger partial charge in [-0.2, -0.15) is 5.10 Å². The summed E-state index contributed by atoms with van der Waals surface area (Å²) >= 11 is 0. The molecule has 10 nitrogen and oxygen atoms in total. The summed E-state index contributed by atoms with van der Waals surface area (Å²) in [5.41, 5.74) is 8.80. The molecule has 0 atom stereocenters. The van der Waals surface area contributed by atoms with Crippen LogP contribution in [0, 0.1) is 12.7 Å². The lowest BCUT2D eigenvalue weighted by atomic mass is 10.0. The number of ether oxygens (including phenoxy) is 3. The minimum absolute atomic E-state index is 0.119. The van der Waals surface area contributed by atoms with Crippen molar-refractivity contribution in [1.82, 2.24) is 19.7 Å². The van der Waals surface area contributed by atoms with Gasteiger partial charge in [0, 0.05) is 37.0 Å². The maximum atomic E-state index is 13.9. The molecule has 37 heavy (non-hydrogen) atoms. The average molecular weight is 514 g/mol. The smallest absolute Gasteiger partial charge is 0.410 e. The van der Waals surface area contributed by atoms with Gasteiger partial charge in [0.15, 0.2) is 11.6 Å². The van der Waals surface area contributed by atoms with Crippen molar-refractivity contribution < 1.29 is 28.2 Å². The van der Waals surface area contributed by atoms with Gasteiger partial charge in [0.25, 0.3) is 0 Å². The lowest BCUT2D eigenvalue weighted by molar-refractivity contribution is 0.0281. The Morgan fingerprint density at radius 3 is 2.57 bits per heavy atom. The minimum atomic E-state index is -0.626. The Bertz CT molecular complexity index is 1320. The highest BCUT2D eigenvalue weighted by Crippen LogP contribution is 2.33. The molecule has 0 aliphatic heterocycles. The van der Waals surface area contributed by atoms with Gasteiger partial charge < -0.3 is 24.8 Å². The third-order valence-electron chi connectivity index (χ3n) is 5.46. The molecule has 1 aromatic carbocycles. The summed E-state index contributed by atoms with van der Waals surface area (Å²) in [7, 11) is 4.68. The maximum Gasteiger partial charge on any atom is 0.410 e. The number of halogens is 1. The molecule has 0 fully saturated rings. The molecule has 0 aliphatic rings. The van der Waals surface area contributed by atoms with Gasteiger partial charge in [0.1, 0.15) is 18.0 Å². The van der Waals surface area contributed by atoms with Crippen LogP contribution in [0.3, 0.4) is 0 Å². The number of nitrogen functional groups attached to an aromatic ring is 1. The zero-order valence-corrected chi connectivity index (χ0v) is 22.1. The first-order valence-corrected chi connectivity index (χ1v) is 11.5. The van der Waals surface area contributed by atoms with E-state index in [1.807, 2.05) is 6.92 Å². The van der Waals surface area contributed by atoms with Gasteiger partial charge in [-0.3, -0.25) is 4.68 Å². The number of anilines is 1. The van der Waals surface area contributed by atoms with Crippen LogP contribution in [0.1, 0.15) is 48.1 Å². The minimum Gasteiger partial charge on any atom is -0.485 e. The summed E-state index contributed by atoms with van der Waals surface area (Å²) in [5, 5.41) is 4.52. The van der Waals surface area contributed by atoms with Crippen molar-refractivity contribution in [3.05, 3.63) is 58.8 Å². The van der Waals surface area contributed by atoms with E-state index in [0.29, 0.717) is 16.8 Å². The summed E-state index contributed by atoms with van der Waals surface area (Å²) in [6, 6.07) is 5.41. The SMILES string of the molecule is COC(=O)c1ccc(F)cc1COc1cc(-c2c(C)nn(C)c2CN(C)C(=O)OC(C)(C)C)cnc1N. The fourth-order valence-electron chi connectivity index (χ4n) is 3.75. The number of methoxy groups -OCH3 is 1. The fraction of sp³-hybridized carbons (Fsp3) is 0.385. The molecule has 0 saturated carbocycles. The Kier molecular flexibility index (Phi) is 8.05. The number of hydrogen-bond donors (Lipinski definition) is 1. The van der Waals surface area contributed by atoms with E-state index in [4.69, 9.17) is 19.9 Å². The van der Waals surface area contributed by atoms with Gasteiger partial charge in [0.2, 0.25) is 0 Å². The van der Waals surface area contributed by atoms with Crippen LogP contribution in [0.2, 0.25) is 0 Å². The topological polar surface area (TPSA) is 122 Å². The van der Waals surface area contributed by atoms with Crippen LogP contribution in [0.25, 0.3) is 11.1 Å². The van der Waals surface area contributed by atoms with Crippen molar-refractivity contribution in [3.8, 4) is 16.9 Å². The lowest BCUT2D eigenvalue weighted by Crippen LogP contribution is -2.34. The Labute approximate surface area is 215 Å². The summed E-state index contributed by atoms with van der Waals surface area (Å²) in [6.45, 7) is 7.35. The van der Waals surface area contributed by atoms with Crippen molar-refractivity contribution in [1.29, 1.82) is 0 Å². The number of carbonyl (C=O) groups is 2. The molecule has 11 heteroatoms. The summed E-state index contributed by atoms with van der Waals surface area (Å²) in [4.78, 5) is 30.3. The number of benzene rings is 1. The molecular formula is C26H32FN5O5. The van der Waals surface area contributed by atoms with Crippen LogP contribution < -0.4 is 10.5 Å². The molecule has 2 aromatic heterocycles. The Hall–Kier alpha value is -4.15. The van der Waals surface area contributed by atoms with Crippen molar-refractivity contribution >= 4 is 17.9 Å². The number of pyridine rings is 1. The summed E-state index contributed by atoms with van der Waals surface area (Å²) < 4.78 is 31.6. The molecule has 3 aromatic rings. The van der Waals surface area contributed by atoms with Crippen LogP contribution in [-0.4, -0.2) is 51.5 Å². The van der Waals surface area contributed by atoms with E-state index in [2.05, 4.69) is 10.1 Å². The zero-order chi connectivity index (χ0) is 27.5. The molecule has 198 valence electrons. The quantitative estimate of drug-likeness (QED) is 0.466. The summed E-state index contributed by atoms with van der Waals surface area (Å²) in [6.07, 6.45) is 1.12. The lowest BCUT2D eigenvalue weighted by Gasteiger charge is -2.25. The Balaban J connectivity index is 1.91. The molecule has 0 spiro atoms. The fourth-order valence-corrected chi connectivity index (χ4v) is 3.75. The van der Waals surface area contributed by atoms with Crippen LogP contribution in [-0.2, 0) is 29.7 Å². The number of aryl methyl sites for hydroxylation is 2. The predicted octanol–water partition coefficient (Wildman–Crippen LogP) is 4.24. The number of esters is 1. The second kappa shape index (κ2) is 10.9. The molecule has 0 saturated heterocycles. The third-order valence-corrected chi connectivity index (χ3v) is 5.46. The molecule has 0 radical (unpaired) electrons. The monoisotopic (exact) mass is 513 g/mol. The molecule has 2 N–H and O–H groups in total. The van der Waals surface area contributed by atoms with E-state index in [1.54, 1.807) is 51.8 Å². The number of hydrogen-bond acceptors (Lipinski definition) is 8. The second-order valence-corrected chi connectivity index (χ2v) is 9.56. The Morgan fingerprint density at radius 1 is 1.22 bits per heavy atom. The standard InChI is InChI=1S/C26H32FN5O5/c1-15-22(20(32(6)30-15)13-31(5)25(34)37-26(2,3)4)16-11-21(23(28)29-12-16)36-14-17-10-18(27)8-9-19(17)24(33)35-7/h8-12H,13-14H2,1-7H3,(H2,28,29). The molecule has 0 aliphatic carbocycles.